The molecule has 2 aromatic rings. The van der Waals surface area contributed by atoms with Crippen molar-refractivity contribution in [1.29, 1.82) is 0 Å². The number of nitrogens with two attached hydrogens (primary N) is 1. The number of benzene rings is 1. The van der Waals surface area contributed by atoms with E-state index in [-0.39, 0.29) is 0 Å². The number of likely N-dealkylation sites (N-methyl/N-ethyl adjacent to an activating group) is 1. The van der Waals surface area contributed by atoms with E-state index in [0.717, 1.165) is 19.5 Å². The molecule has 0 saturated heterocycles. The smallest absolute Gasteiger partial charge is 0.0489 e. The van der Waals surface area contributed by atoms with Crippen LogP contribution < -0.4 is 5.73 Å². The van der Waals surface area contributed by atoms with Crippen molar-refractivity contribution < 1.29 is 0 Å². The van der Waals surface area contributed by atoms with Crippen LogP contribution in [-0.4, -0.2) is 30.0 Å². The third kappa shape index (κ3) is 2.51. The highest BCUT2D eigenvalue weighted by atomic mass is 15.1. The first kappa shape index (κ1) is 12.1. The van der Waals surface area contributed by atoms with Crippen molar-refractivity contribution in [2.45, 2.75) is 19.9 Å². The second kappa shape index (κ2) is 5.34. The first-order chi connectivity index (χ1) is 8.26. The van der Waals surface area contributed by atoms with Gasteiger partial charge >= 0.3 is 0 Å². The largest absolute Gasteiger partial charge is 0.361 e. The van der Waals surface area contributed by atoms with Gasteiger partial charge in [-0.3, -0.25) is 0 Å². The number of H-pyrrole nitrogens is 1. The molecule has 0 bridgehead atoms. The van der Waals surface area contributed by atoms with E-state index in [4.69, 9.17) is 5.73 Å². The molecule has 0 fully saturated rings. The zero-order valence-electron chi connectivity index (χ0n) is 10.7. The predicted octanol–water partition coefficient (Wildman–Crippen LogP) is 2.12. The van der Waals surface area contributed by atoms with Crippen LogP contribution in [-0.2, 0) is 13.0 Å². The van der Waals surface area contributed by atoms with Gasteiger partial charge < -0.3 is 15.6 Å². The zero-order valence-corrected chi connectivity index (χ0v) is 10.7. The minimum atomic E-state index is 0.707. The van der Waals surface area contributed by atoms with E-state index in [1.807, 2.05) is 0 Å². The summed E-state index contributed by atoms with van der Waals surface area (Å²) in [5.74, 6) is 0. The summed E-state index contributed by atoms with van der Waals surface area (Å²) in [5, 5.41) is 1.34. The summed E-state index contributed by atoms with van der Waals surface area (Å²) in [5.41, 5.74) is 9.59. The van der Waals surface area contributed by atoms with Crippen molar-refractivity contribution >= 4 is 10.9 Å². The van der Waals surface area contributed by atoms with Crippen LogP contribution in [0.15, 0.2) is 24.4 Å². The first-order valence-corrected chi connectivity index (χ1v) is 6.22. The third-order valence-electron chi connectivity index (χ3n) is 3.22. The molecule has 3 nitrogen and oxygen atoms in total. The molecule has 0 unspecified atom stereocenters. The van der Waals surface area contributed by atoms with Gasteiger partial charge in [-0.1, -0.05) is 25.1 Å². The van der Waals surface area contributed by atoms with Crippen molar-refractivity contribution in [2.75, 3.05) is 20.1 Å². The molecule has 0 saturated carbocycles. The molecule has 0 aliphatic rings. The molecule has 0 spiro atoms. The molecule has 3 N–H and O–H groups in total. The molecule has 17 heavy (non-hydrogen) atoms. The Morgan fingerprint density at radius 2 is 2.12 bits per heavy atom. The molecule has 2 rings (SSSR count). The summed E-state index contributed by atoms with van der Waals surface area (Å²) in [6.45, 7) is 4.78. The van der Waals surface area contributed by atoms with Crippen LogP contribution >= 0.6 is 0 Å². The maximum Gasteiger partial charge on any atom is 0.0489 e. The standard InChI is InChI=1S/C14H21N3/c1-3-11-5-4-6-13-12(9-16-14(11)13)10-17(2)8-7-15/h4-6,9,16H,3,7-8,10,15H2,1-2H3. The highest BCUT2D eigenvalue weighted by molar-refractivity contribution is 5.86. The van der Waals surface area contributed by atoms with Gasteiger partial charge in [0.2, 0.25) is 0 Å². The van der Waals surface area contributed by atoms with Crippen LogP contribution in [0.3, 0.4) is 0 Å². The molecular weight excluding hydrogens is 210 g/mol. The molecule has 0 aliphatic heterocycles. The van der Waals surface area contributed by atoms with Crippen LogP contribution in [0.5, 0.6) is 0 Å². The summed E-state index contributed by atoms with van der Waals surface area (Å²) in [4.78, 5) is 5.65. The van der Waals surface area contributed by atoms with Gasteiger partial charge in [-0.05, 0) is 24.6 Å². The second-order valence-corrected chi connectivity index (χ2v) is 4.53. The van der Waals surface area contributed by atoms with Crippen molar-refractivity contribution in [1.82, 2.24) is 9.88 Å². The third-order valence-corrected chi connectivity index (χ3v) is 3.22. The van der Waals surface area contributed by atoms with Crippen molar-refractivity contribution in [2.24, 2.45) is 5.73 Å². The molecule has 1 heterocycles. The van der Waals surface area contributed by atoms with Crippen molar-refractivity contribution in [3.8, 4) is 0 Å². The number of fused-ring (bicyclic) bond motifs is 1. The number of nitrogens with zero attached hydrogens (tertiary/aromatic N) is 1. The summed E-state index contributed by atoms with van der Waals surface area (Å²) in [6, 6.07) is 6.52. The fraction of sp³-hybridized carbons (Fsp3) is 0.429. The Hall–Kier alpha value is -1.32. The minimum absolute atomic E-state index is 0.707. The molecule has 0 aliphatic carbocycles. The number of nitrogens with one attached hydrogen (secondary N) is 1. The highest BCUT2D eigenvalue weighted by Crippen LogP contribution is 2.22. The lowest BCUT2D eigenvalue weighted by Crippen LogP contribution is -2.24. The van der Waals surface area contributed by atoms with Gasteiger partial charge in [0.05, 0.1) is 0 Å². The van der Waals surface area contributed by atoms with Gasteiger partial charge in [-0.25, -0.2) is 0 Å². The van der Waals surface area contributed by atoms with Crippen LogP contribution in [0.25, 0.3) is 10.9 Å². The van der Waals surface area contributed by atoms with Crippen molar-refractivity contribution in [3.63, 3.8) is 0 Å². The van der Waals surface area contributed by atoms with Crippen molar-refractivity contribution in [3.05, 3.63) is 35.5 Å². The van der Waals surface area contributed by atoms with Gasteiger partial charge in [0.25, 0.3) is 0 Å². The molecule has 0 amide bonds. The van der Waals surface area contributed by atoms with E-state index in [2.05, 4.69) is 48.3 Å². The Morgan fingerprint density at radius 3 is 2.82 bits per heavy atom. The van der Waals surface area contributed by atoms with Gasteiger partial charge in [0, 0.05) is 36.7 Å². The van der Waals surface area contributed by atoms with E-state index in [1.165, 1.54) is 22.0 Å². The molecule has 0 radical (unpaired) electrons. The number of aromatic amines is 1. The molecule has 1 aromatic heterocycles. The Balaban J connectivity index is 2.30. The molecule has 92 valence electrons. The lowest BCUT2D eigenvalue weighted by atomic mass is 10.1. The van der Waals surface area contributed by atoms with Crippen LogP contribution in [0.1, 0.15) is 18.1 Å². The Labute approximate surface area is 103 Å². The van der Waals surface area contributed by atoms with Crippen LogP contribution in [0, 0.1) is 0 Å². The Bertz CT molecular complexity index is 487. The summed E-state index contributed by atoms with van der Waals surface area (Å²) >= 11 is 0. The molecule has 1 aromatic carbocycles. The molecule has 3 heteroatoms. The topological polar surface area (TPSA) is 45.0 Å². The number of rotatable bonds is 5. The van der Waals surface area contributed by atoms with Crippen LogP contribution in [0.4, 0.5) is 0 Å². The fourth-order valence-electron chi connectivity index (χ4n) is 2.29. The van der Waals surface area contributed by atoms with E-state index < -0.39 is 0 Å². The van der Waals surface area contributed by atoms with Gasteiger partial charge in [-0.15, -0.1) is 0 Å². The number of hydrogen-bond donors (Lipinski definition) is 2. The summed E-state index contributed by atoms with van der Waals surface area (Å²) in [7, 11) is 2.11. The van der Waals surface area contributed by atoms with E-state index >= 15 is 0 Å². The molecular formula is C14H21N3. The SMILES string of the molecule is CCc1cccc2c(CN(C)CCN)c[nH]c12. The predicted molar refractivity (Wildman–Crippen MR) is 73.1 cm³/mol. The van der Waals surface area contributed by atoms with E-state index in [1.54, 1.807) is 0 Å². The monoisotopic (exact) mass is 231 g/mol. The summed E-state index contributed by atoms with van der Waals surface area (Å²) < 4.78 is 0. The number of para-hydroxylation sites is 1. The second-order valence-electron chi connectivity index (χ2n) is 4.53. The highest BCUT2D eigenvalue weighted by Gasteiger charge is 2.08. The Morgan fingerprint density at radius 1 is 1.29 bits per heavy atom. The van der Waals surface area contributed by atoms with Crippen LogP contribution in [0.2, 0.25) is 0 Å². The lowest BCUT2D eigenvalue weighted by Gasteiger charge is -2.14. The lowest BCUT2D eigenvalue weighted by molar-refractivity contribution is 0.337. The van der Waals surface area contributed by atoms with E-state index in [0.29, 0.717) is 6.54 Å². The Kier molecular flexibility index (Phi) is 3.82. The van der Waals surface area contributed by atoms with Gasteiger partial charge in [0.15, 0.2) is 0 Å². The average Bonchev–Trinajstić information content (AvgIpc) is 2.73. The zero-order chi connectivity index (χ0) is 12.3. The normalized spacial score (nSPS) is 11.5. The minimum Gasteiger partial charge on any atom is -0.361 e. The molecule has 0 atom stereocenters. The van der Waals surface area contributed by atoms with Gasteiger partial charge in [0.1, 0.15) is 0 Å². The number of aromatic nitrogens is 1. The fourth-order valence-corrected chi connectivity index (χ4v) is 2.29. The maximum atomic E-state index is 5.57. The van der Waals surface area contributed by atoms with Gasteiger partial charge in [-0.2, -0.15) is 0 Å². The van der Waals surface area contributed by atoms with E-state index in [9.17, 15) is 0 Å². The quantitative estimate of drug-likeness (QED) is 0.828. The number of aryl methyl sites for hydroxylation is 1. The maximum absolute atomic E-state index is 5.57. The first-order valence-electron chi connectivity index (χ1n) is 6.22. The summed E-state index contributed by atoms with van der Waals surface area (Å²) in [6.07, 6.45) is 3.19. The average molecular weight is 231 g/mol. The number of hydrogen-bond acceptors (Lipinski definition) is 2.